The Bertz CT molecular complexity index is 404. The second kappa shape index (κ2) is 14.1. The maximum Gasteiger partial charge on any atom is 0.191 e. The summed E-state index contributed by atoms with van der Waals surface area (Å²) in [6.07, 6.45) is 2.10. The minimum Gasteiger partial charge on any atom is -0.376 e. The lowest BCUT2D eigenvalue weighted by Crippen LogP contribution is -2.40. The van der Waals surface area contributed by atoms with Crippen LogP contribution in [0.3, 0.4) is 0 Å². The smallest absolute Gasteiger partial charge is 0.191 e. The predicted molar refractivity (Wildman–Crippen MR) is 108 cm³/mol. The Balaban J connectivity index is 0.00000441. The summed E-state index contributed by atoms with van der Waals surface area (Å²) < 4.78 is 5.74. The van der Waals surface area contributed by atoms with Crippen LogP contribution in [0.5, 0.6) is 0 Å². The lowest BCUT2D eigenvalue weighted by Gasteiger charge is -2.16. The molecule has 0 aliphatic heterocycles. The second-order valence-corrected chi connectivity index (χ2v) is 5.96. The van der Waals surface area contributed by atoms with Crippen LogP contribution in [-0.4, -0.2) is 44.7 Å². The van der Waals surface area contributed by atoms with Crippen molar-refractivity contribution in [1.29, 1.82) is 0 Å². The van der Waals surface area contributed by atoms with Gasteiger partial charge in [0, 0.05) is 25.9 Å². The van der Waals surface area contributed by atoms with Gasteiger partial charge in [0.2, 0.25) is 0 Å². The maximum absolute atomic E-state index is 5.74. The Hall–Kier alpha value is -0.470. The first kappa shape index (κ1) is 21.5. The van der Waals surface area contributed by atoms with E-state index < -0.39 is 0 Å². The van der Waals surface area contributed by atoms with Crippen LogP contribution in [0.15, 0.2) is 35.3 Å². The van der Waals surface area contributed by atoms with Gasteiger partial charge in [-0.3, -0.25) is 4.99 Å². The summed E-state index contributed by atoms with van der Waals surface area (Å²) in [6, 6.07) is 10.3. The number of aliphatic imine (C=N–C) groups is 1. The van der Waals surface area contributed by atoms with Gasteiger partial charge in [0.25, 0.3) is 0 Å². The largest absolute Gasteiger partial charge is 0.376 e. The van der Waals surface area contributed by atoms with Gasteiger partial charge in [0.05, 0.1) is 13.2 Å². The molecule has 6 heteroatoms. The highest BCUT2D eigenvalue weighted by molar-refractivity contribution is 14.0. The first-order chi connectivity index (χ1) is 10.3. The van der Waals surface area contributed by atoms with Crippen molar-refractivity contribution < 1.29 is 4.74 Å². The fraction of sp³-hybridized carbons (Fsp3) is 0.562. The third kappa shape index (κ3) is 10.3. The molecule has 0 radical (unpaired) electrons. The molecule has 4 nitrogen and oxygen atoms in total. The highest BCUT2D eigenvalue weighted by Crippen LogP contribution is 2.02. The highest BCUT2D eigenvalue weighted by Gasteiger charge is 2.04. The second-order valence-electron chi connectivity index (χ2n) is 4.98. The van der Waals surface area contributed by atoms with E-state index in [1.165, 1.54) is 5.56 Å². The van der Waals surface area contributed by atoms with E-state index in [1.54, 1.807) is 7.05 Å². The van der Waals surface area contributed by atoms with E-state index in [-0.39, 0.29) is 24.0 Å². The summed E-state index contributed by atoms with van der Waals surface area (Å²) in [5, 5.41) is 6.61. The molecule has 0 heterocycles. The van der Waals surface area contributed by atoms with Gasteiger partial charge in [-0.25, -0.2) is 0 Å². The molecule has 0 aliphatic carbocycles. The molecule has 0 saturated carbocycles. The van der Waals surface area contributed by atoms with Crippen LogP contribution in [0, 0.1) is 5.92 Å². The topological polar surface area (TPSA) is 45.7 Å². The van der Waals surface area contributed by atoms with Crippen LogP contribution in [0.1, 0.15) is 12.5 Å². The SMILES string of the molecule is CN=C(NCCSC)NCC(C)COCc1ccccc1.I. The van der Waals surface area contributed by atoms with Crippen LogP contribution in [0.25, 0.3) is 0 Å². The third-order valence-electron chi connectivity index (χ3n) is 2.95. The fourth-order valence-corrected chi connectivity index (χ4v) is 2.08. The maximum atomic E-state index is 5.74. The van der Waals surface area contributed by atoms with Gasteiger partial charge in [-0.05, 0) is 17.7 Å². The lowest BCUT2D eigenvalue weighted by atomic mass is 10.2. The number of ether oxygens (including phenoxy) is 1. The minimum absolute atomic E-state index is 0. The van der Waals surface area contributed by atoms with Crippen LogP contribution in [0.2, 0.25) is 0 Å². The van der Waals surface area contributed by atoms with Crippen LogP contribution in [-0.2, 0) is 11.3 Å². The summed E-state index contributed by atoms with van der Waals surface area (Å²) in [7, 11) is 1.80. The van der Waals surface area contributed by atoms with E-state index >= 15 is 0 Å². The van der Waals surface area contributed by atoms with E-state index in [2.05, 4.69) is 40.9 Å². The summed E-state index contributed by atoms with van der Waals surface area (Å²) >= 11 is 1.82. The number of benzene rings is 1. The van der Waals surface area contributed by atoms with Gasteiger partial charge in [0.1, 0.15) is 0 Å². The molecule has 1 aromatic rings. The van der Waals surface area contributed by atoms with Crippen molar-refractivity contribution in [3.8, 4) is 0 Å². The van der Waals surface area contributed by atoms with Crippen molar-refractivity contribution in [1.82, 2.24) is 10.6 Å². The normalized spacial score (nSPS) is 12.4. The molecule has 126 valence electrons. The van der Waals surface area contributed by atoms with Gasteiger partial charge in [0.15, 0.2) is 5.96 Å². The molecule has 0 aliphatic rings. The van der Waals surface area contributed by atoms with Crippen molar-refractivity contribution >= 4 is 41.7 Å². The van der Waals surface area contributed by atoms with Gasteiger partial charge >= 0.3 is 0 Å². The van der Waals surface area contributed by atoms with E-state index in [0.29, 0.717) is 12.5 Å². The summed E-state index contributed by atoms with van der Waals surface area (Å²) in [5.41, 5.74) is 1.22. The van der Waals surface area contributed by atoms with E-state index in [9.17, 15) is 0 Å². The van der Waals surface area contributed by atoms with Crippen LogP contribution >= 0.6 is 35.7 Å². The molecule has 0 amide bonds. The molecule has 0 fully saturated rings. The van der Waals surface area contributed by atoms with E-state index in [4.69, 9.17) is 4.74 Å². The number of hydrogen-bond donors (Lipinski definition) is 2. The molecule has 1 rings (SSSR count). The van der Waals surface area contributed by atoms with E-state index in [1.807, 2.05) is 30.0 Å². The standard InChI is InChI=1S/C16H27N3OS.HI/c1-14(11-19-16(17-2)18-9-10-21-3)12-20-13-15-7-5-4-6-8-15;/h4-8,14H,9-13H2,1-3H3,(H2,17,18,19);1H. The molecule has 1 atom stereocenters. The van der Waals surface area contributed by atoms with Crippen molar-refractivity contribution in [2.24, 2.45) is 10.9 Å². The Morgan fingerprint density at radius 2 is 2.00 bits per heavy atom. The molecule has 1 unspecified atom stereocenters. The number of nitrogens with one attached hydrogen (secondary N) is 2. The Morgan fingerprint density at radius 1 is 1.27 bits per heavy atom. The van der Waals surface area contributed by atoms with Gasteiger partial charge in [-0.2, -0.15) is 11.8 Å². The number of thioether (sulfide) groups is 1. The summed E-state index contributed by atoms with van der Waals surface area (Å²) in [4.78, 5) is 4.20. The molecule has 0 aromatic heterocycles. The van der Waals surface area contributed by atoms with Crippen LogP contribution < -0.4 is 10.6 Å². The first-order valence-corrected chi connectivity index (χ1v) is 8.70. The molecule has 1 aromatic carbocycles. The van der Waals surface area contributed by atoms with Crippen LogP contribution in [0.4, 0.5) is 0 Å². The third-order valence-corrected chi connectivity index (χ3v) is 3.57. The number of guanidine groups is 1. The first-order valence-electron chi connectivity index (χ1n) is 7.31. The number of halogens is 1. The Morgan fingerprint density at radius 3 is 2.64 bits per heavy atom. The molecule has 22 heavy (non-hydrogen) atoms. The molecule has 0 bridgehead atoms. The number of nitrogens with zero attached hydrogens (tertiary/aromatic N) is 1. The quantitative estimate of drug-likeness (QED) is 0.270. The lowest BCUT2D eigenvalue weighted by molar-refractivity contribution is 0.0931. The van der Waals surface area contributed by atoms with Gasteiger partial charge in [-0.15, -0.1) is 24.0 Å². The highest BCUT2D eigenvalue weighted by atomic mass is 127. The van der Waals surface area contributed by atoms with Crippen molar-refractivity contribution in [3.63, 3.8) is 0 Å². The van der Waals surface area contributed by atoms with E-state index in [0.717, 1.165) is 31.4 Å². The van der Waals surface area contributed by atoms with Crippen molar-refractivity contribution in [2.45, 2.75) is 13.5 Å². The molecular formula is C16H28IN3OS. The Kier molecular flexibility index (Phi) is 13.8. The van der Waals surface area contributed by atoms with Gasteiger partial charge in [-0.1, -0.05) is 37.3 Å². The fourth-order valence-electron chi connectivity index (χ4n) is 1.77. The minimum atomic E-state index is 0. The molecule has 0 spiro atoms. The molecular weight excluding hydrogens is 409 g/mol. The zero-order valence-corrected chi connectivity index (χ0v) is 16.8. The average Bonchev–Trinajstić information content (AvgIpc) is 2.52. The number of hydrogen-bond acceptors (Lipinski definition) is 3. The molecule has 0 saturated heterocycles. The van der Waals surface area contributed by atoms with Gasteiger partial charge < -0.3 is 15.4 Å². The molecule has 2 N–H and O–H groups in total. The zero-order chi connectivity index (χ0) is 15.3. The summed E-state index contributed by atoms with van der Waals surface area (Å²) in [6.45, 7) is 5.37. The zero-order valence-electron chi connectivity index (χ0n) is 13.7. The monoisotopic (exact) mass is 437 g/mol. The Labute approximate surface area is 155 Å². The summed E-state index contributed by atoms with van der Waals surface area (Å²) in [5.74, 6) is 2.38. The van der Waals surface area contributed by atoms with Crippen molar-refractivity contribution in [2.75, 3.05) is 38.8 Å². The number of rotatable bonds is 9. The van der Waals surface area contributed by atoms with Crippen molar-refractivity contribution in [3.05, 3.63) is 35.9 Å². The predicted octanol–water partition coefficient (Wildman–Crippen LogP) is 2.99. The average molecular weight is 437 g/mol.